The van der Waals surface area contributed by atoms with E-state index in [1.165, 1.54) is 19.2 Å². The first kappa shape index (κ1) is 18.0. The van der Waals surface area contributed by atoms with Gasteiger partial charge < -0.3 is 10.5 Å². The summed E-state index contributed by atoms with van der Waals surface area (Å²) in [5.41, 5.74) is 7.19. The molecule has 2 aromatic rings. The van der Waals surface area contributed by atoms with Crippen LogP contribution in [-0.4, -0.2) is 18.6 Å². The third-order valence-corrected chi connectivity index (χ3v) is 3.06. The Hall–Kier alpha value is -2.01. The molecular formula is C17H22F2N2O. The van der Waals surface area contributed by atoms with Gasteiger partial charge in [0.25, 0.3) is 0 Å². The zero-order valence-electron chi connectivity index (χ0n) is 13.4. The van der Waals surface area contributed by atoms with Gasteiger partial charge >= 0.3 is 0 Å². The molecule has 1 aromatic carbocycles. The lowest BCUT2D eigenvalue weighted by molar-refractivity contribution is 0.344. The largest absolute Gasteiger partial charge is 0.494 e. The molecule has 1 atom stereocenters. The average Bonchev–Trinajstić information content (AvgIpc) is 2.57. The van der Waals surface area contributed by atoms with Crippen LogP contribution in [0.5, 0.6) is 5.75 Å². The van der Waals surface area contributed by atoms with Gasteiger partial charge in [-0.3, -0.25) is 0 Å². The van der Waals surface area contributed by atoms with E-state index in [4.69, 9.17) is 10.5 Å². The monoisotopic (exact) mass is 308 g/mol. The van der Waals surface area contributed by atoms with Crippen molar-refractivity contribution >= 4 is 0 Å². The van der Waals surface area contributed by atoms with E-state index in [2.05, 4.69) is 4.98 Å². The van der Waals surface area contributed by atoms with E-state index >= 15 is 0 Å². The minimum Gasteiger partial charge on any atom is -0.494 e. The van der Waals surface area contributed by atoms with Gasteiger partial charge in [0, 0.05) is 12.1 Å². The molecule has 2 rings (SSSR count). The van der Waals surface area contributed by atoms with Crippen LogP contribution in [0.2, 0.25) is 0 Å². The summed E-state index contributed by atoms with van der Waals surface area (Å²) in [5.74, 6) is 0.207. The molecule has 120 valence electrons. The molecule has 0 aliphatic heterocycles. The maximum atomic E-state index is 13.7. The molecule has 0 saturated carbocycles. The van der Waals surface area contributed by atoms with Crippen molar-refractivity contribution in [1.82, 2.24) is 4.98 Å². The number of ether oxygens (including phenoxy) is 1. The highest BCUT2D eigenvalue weighted by atomic mass is 19.1. The van der Waals surface area contributed by atoms with Crippen LogP contribution in [0.25, 0.3) is 11.3 Å². The molecule has 5 heteroatoms. The minimum absolute atomic E-state index is 0.138. The van der Waals surface area contributed by atoms with Crippen molar-refractivity contribution in [3.8, 4) is 17.0 Å². The lowest BCUT2D eigenvalue weighted by Gasteiger charge is -2.12. The molecule has 0 spiro atoms. The van der Waals surface area contributed by atoms with Crippen LogP contribution in [-0.2, 0) is 0 Å². The fourth-order valence-corrected chi connectivity index (χ4v) is 1.92. The number of pyridine rings is 1. The Balaban J connectivity index is 0.00000116. The number of nitrogens with zero attached hydrogens (tertiary/aromatic N) is 1. The Labute approximate surface area is 130 Å². The topological polar surface area (TPSA) is 48.1 Å². The highest BCUT2D eigenvalue weighted by Crippen LogP contribution is 2.31. The number of aryl methyl sites for hydroxylation is 1. The number of nitrogens with two attached hydrogens (primary N) is 1. The van der Waals surface area contributed by atoms with E-state index in [9.17, 15) is 8.78 Å². The van der Waals surface area contributed by atoms with Crippen molar-refractivity contribution < 1.29 is 13.5 Å². The number of aromatic nitrogens is 1. The summed E-state index contributed by atoms with van der Waals surface area (Å²) in [6.07, 6.45) is -1.33. The fourth-order valence-electron chi connectivity index (χ4n) is 1.92. The van der Waals surface area contributed by atoms with Crippen LogP contribution in [0.1, 0.15) is 31.3 Å². The molecule has 22 heavy (non-hydrogen) atoms. The van der Waals surface area contributed by atoms with Crippen molar-refractivity contribution in [1.29, 1.82) is 0 Å². The quantitative estimate of drug-likeness (QED) is 0.921. The number of halogens is 2. The van der Waals surface area contributed by atoms with Gasteiger partial charge in [0.05, 0.1) is 12.8 Å². The lowest BCUT2D eigenvalue weighted by Crippen LogP contribution is -2.09. The molecule has 0 fully saturated rings. The number of benzene rings is 1. The average molecular weight is 308 g/mol. The van der Waals surface area contributed by atoms with Crippen LogP contribution in [0, 0.1) is 12.7 Å². The van der Waals surface area contributed by atoms with Crippen LogP contribution in [0.4, 0.5) is 8.78 Å². The zero-order valence-corrected chi connectivity index (χ0v) is 13.4. The van der Waals surface area contributed by atoms with Crippen molar-refractivity contribution in [2.75, 3.05) is 13.7 Å². The SMILES string of the molecule is CC.COc1ccc(C(F)CN)nc1-c1ccc(F)c(C)c1. The summed E-state index contributed by atoms with van der Waals surface area (Å²) in [6, 6.07) is 7.77. The summed E-state index contributed by atoms with van der Waals surface area (Å²) < 4.78 is 32.2. The van der Waals surface area contributed by atoms with Gasteiger partial charge in [-0.1, -0.05) is 13.8 Å². The number of alkyl halides is 1. The first-order chi connectivity index (χ1) is 10.6. The number of hydrogen-bond acceptors (Lipinski definition) is 3. The third kappa shape index (κ3) is 4.01. The van der Waals surface area contributed by atoms with E-state index in [-0.39, 0.29) is 18.1 Å². The van der Waals surface area contributed by atoms with Crippen molar-refractivity contribution in [3.05, 3.63) is 47.4 Å². The number of hydrogen-bond donors (Lipinski definition) is 1. The van der Waals surface area contributed by atoms with Crippen LogP contribution in [0.15, 0.2) is 30.3 Å². The molecule has 1 aromatic heterocycles. The van der Waals surface area contributed by atoms with Crippen LogP contribution >= 0.6 is 0 Å². The van der Waals surface area contributed by atoms with Crippen LogP contribution < -0.4 is 10.5 Å². The maximum Gasteiger partial charge on any atom is 0.154 e. The second kappa shape index (κ2) is 8.44. The Morgan fingerprint density at radius 1 is 1.23 bits per heavy atom. The van der Waals surface area contributed by atoms with Crippen molar-refractivity contribution in [3.63, 3.8) is 0 Å². The predicted octanol–water partition coefficient (Wildman–Crippen LogP) is 4.20. The molecule has 1 unspecified atom stereocenters. The van der Waals surface area contributed by atoms with E-state index in [0.29, 0.717) is 22.6 Å². The van der Waals surface area contributed by atoms with E-state index in [1.807, 2.05) is 13.8 Å². The van der Waals surface area contributed by atoms with E-state index < -0.39 is 6.17 Å². The molecule has 3 nitrogen and oxygen atoms in total. The Morgan fingerprint density at radius 2 is 1.91 bits per heavy atom. The summed E-state index contributed by atoms with van der Waals surface area (Å²) >= 11 is 0. The van der Waals surface area contributed by atoms with Gasteiger partial charge in [-0.15, -0.1) is 0 Å². The van der Waals surface area contributed by atoms with E-state index in [0.717, 1.165) is 0 Å². The second-order valence-electron chi connectivity index (χ2n) is 4.45. The Bertz CT molecular complexity index is 618. The third-order valence-electron chi connectivity index (χ3n) is 3.06. The molecule has 0 radical (unpaired) electrons. The van der Waals surface area contributed by atoms with Gasteiger partial charge in [0.2, 0.25) is 0 Å². The first-order valence-corrected chi connectivity index (χ1v) is 7.22. The van der Waals surface area contributed by atoms with Gasteiger partial charge in [-0.2, -0.15) is 0 Å². The summed E-state index contributed by atoms with van der Waals surface area (Å²) in [4.78, 5) is 4.25. The van der Waals surface area contributed by atoms with Gasteiger partial charge in [0.15, 0.2) is 6.17 Å². The minimum atomic E-state index is -1.33. The number of rotatable bonds is 4. The van der Waals surface area contributed by atoms with Gasteiger partial charge in [-0.05, 0) is 42.8 Å². The normalized spacial score (nSPS) is 11.4. The molecular weight excluding hydrogens is 286 g/mol. The molecule has 0 saturated heterocycles. The zero-order chi connectivity index (χ0) is 16.7. The standard InChI is InChI=1S/C15H16F2N2O.C2H6/c1-9-7-10(3-4-11(9)16)15-14(20-2)6-5-13(19-15)12(17)8-18;1-2/h3-7,12H,8,18H2,1-2H3;1-2H3. The smallest absolute Gasteiger partial charge is 0.154 e. The first-order valence-electron chi connectivity index (χ1n) is 7.22. The summed E-state index contributed by atoms with van der Waals surface area (Å²) in [5, 5.41) is 0. The molecule has 1 heterocycles. The molecule has 0 bridgehead atoms. The lowest BCUT2D eigenvalue weighted by atomic mass is 10.1. The fraction of sp³-hybridized carbons (Fsp3) is 0.353. The van der Waals surface area contributed by atoms with Gasteiger partial charge in [0.1, 0.15) is 17.3 Å². The molecule has 0 amide bonds. The van der Waals surface area contributed by atoms with Crippen LogP contribution in [0.3, 0.4) is 0 Å². The summed E-state index contributed by atoms with van der Waals surface area (Å²) in [7, 11) is 1.51. The highest BCUT2D eigenvalue weighted by molar-refractivity contribution is 5.67. The van der Waals surface area contributed by atoms with E-state index in [1.54, 1.807) is 25.1 Å². The highest BCUT2D eigenvalue weighted by Gasteiger charge is 2.15. The number of methoxy groups -OCH3 is 1. The maximum absolute atomic E-state index is 13.7. The molecule has 0 aliphatic carbocycles. The molecule has 2 N–H and O–H groups in total. The Kier molecular flexibility index (Phi) is 6.92. The van der Waals surface area contributed by atoms with Crippen molar-refractivity contribution in [2.45, 2.75) is 26.9 Å². The van der Waals surface area contributed by atoms with Crippen molar-refractivity contribution in [2.24, 2.45) is 5.73 Å². The predicted molar refractivity (Wildman–Crippen MR) is 85.2 cm³/mol. The molecule has 0 aliphatic rings. The second-order valence-corrected chi connectivity index (χ2v) is 4.45. The summed E-state index contributed by atoms with van der Waals surface area (Å²) in [6.45, 7) is 5.52. The Morgan fingerprint density at radius 3 is 2.45 bits per heavy atom. The van der Waals surface area contributed by atoms with Gasteiger partial charge in [-0.25, -0.2) is 13.8 Å².